The average Bonchev–Trinajstić information content (AvgIpc) is 3.15. The number of hydrogen-bond acceptors (Lipinski definition) is 6. The minimum Gasteiger partial charge on any atom is -0.490 e. The fraction of sp³-hybridized carbons (Fsp3) is 0.318. The monoisotopic (exact) mass is 504 g/mol. The number of nitrogens with zero attached hydrogens (tertiary/aromatic N) is 3. The number of aryl methyl sites for hydroxylation is 1. The smallest absolute Gasteiger partial charge is 0.234 e. The Morgan fingerprint density at radius 3 is 2.58 bits per heavy atom. The van der Waals surface area contributed by atoms with Gasteiger partial charge in [-0.1, -0.05) is 33.8 Å². The summed E-state index contributed by atoms with van der Waals surface area (Å²) in [6.45, 7) is 7.46. The van der Waals surface area contributed by atoms with Crippen LogP contribution in [0.1, 0.15) is 25.2 Å². The molecule has 3 rings (SSSR count). The maximum Gasteiger partial charge on any atom is 0.234 e. The summed E-state index contributed by atoms with van der Waals surface area (Å²) in [4.78, 5) is 12.3. The van der Waals surface area contributed by atoms with Crippen molar-refractivity contribution in [3.05, 3.63) is 58.3 Å². The number of ether oxygens (including phenoxy) is 2. The number of benzene rings is 2. The molecule has 2 aromatic carbocycles. The first-order valence-corrected chi connectivity index (χ1v) is 11.7. The minimum atomic E-state index is -0.100. The SMILES string of the molecule is CCOc1cc(C)ccc1OCc1nnc(SCC(=O)Nc2ccc(Br)cc2)n1CC. The van der Waals surface area contributed by atoms with Crippen molar-refractivity contribution in [2.45, 2.75) is 39.1 Å². The molecule has 0 spiro atoms. The lowest BCUT2D eigenvalue weighted by Crippen LogP contribution is -2.14. The molecule has 0 aliphatic heterocycles. The number of nitrogens with one attached hydrogen (secondary N) is 1. The van der Waals surface area contributed by atoms with Crippen molar-refractivity contribution in [2.75, 3.05) is 17.7 Å². The molecule has 0 saturated heterocycles. The van der Waals surface area contributed by atoms with E-state index < -0.39 is 0 Å². The second-order valence-electron chi connectivity index (χ2n) is 6.66. The number of halogens is 1. The molecule has 0 aliphatic rings. The number of thioether (sulfide) groups is 1. The van der Waals surface area contributed by atoms with Gasteiger partial charge in [0.05, 0.1) is 12.4 Å². The number of rotatable bonds is 10. The molecule has 31 heavy (non-hydrogen) atoms. The summed E-state index contributed by atoms with van der Waals surface area (Å²) >= 11 is 4.73. The van der Waals surface area contributed by atoms with E-state index in [0.29, 0.717) is 35.6 Å². The Morgan fingerprint density at radius 1 is 1.10 bits per heavy atom. The van der Waals surface area contributed by atoms with E-state index in [0.717, 1.165) is 15.7 Å². The fourth-order valence-electron chi connectivity index (χ4n) is 2.86. The van der Waals surface area contributed by atoms with E-state index >= 15 is 0 Å². The highest BCUT2D eigenvalue weighted by atomic mass is 79.9. The lowest BCUT2D eigenvalue weighted by molar-refractivity contribution is -0.113. The van der Waals surface area contributed by atoms with Crippen molar-refractivity contribution < 1.29 is 14.3 Å². The third-order valence-corrected chi connectivity index (χ3v) is 5.82. The fourth-order valence-corrected chi connectivity index (χ4v) is 3.94. The van der Waals surface area contributed by atoms with Gasteiger partial charge in [-0.3, -0.25) is 4.79 Å². The van der Waals surface area contributed by atoms with Crippen LogP contribution in [0.25, 0.3) is 0 Å². The summed E-state index contributed by atoms with van der Waals surface area (Å²) in [5, 5.41) is 12.1. The first kappa shape index (κ1) is 23.1. The Kier molecular flexibility index (Phi) is 8.36. The van der Waals surface area contributed by atoms with Gasteiger partial charge in [-0.2, -0.15) is 0 Å². The number of anilines is 1. The van der Waals surface area contributed by atoms with Gasteiger partial charge in [0.25, 0.3) is 0 Å². The van der Waals surface area contributed by atoms with Gasteiger partial charge in [-0.25, -0.2) is 0 Å². The molecule has 0 atom stereocenters. The second-order valence-corrected chi connectivity index (χ2v) is 8.52. The van der Waals surface area contributed by atoms with Gasteiger partial charge < -0.3 is 19.4 Å². The topological polar surface area (TPSA) is 78.3 Å². The van der Waals surface area contributed by atoms with Crippen LogP contribution in [-0.2, 0) is 17.9 Å². The van der Waals surface area contributed by atoms with Gasteiger partial charge in [0.15, 0.2) is 22.5 Å². The molecular weight excluding hydrogens is 480 g/mol. The lowest BCUT2D eigenvalue weighted by Gasteiger charge is -2.13. The standard InChI is InChI=1S/C22H25BrN4O3S/c1-4-27-20(13-30-18-11-6-15(3)12-19(18)29-5-2)25-26-22(27)31-14-21(28)24-17-9-7-16(23)8-10-17/h6-12H,4-5,13-14H2,1-3H3,(H,24,28). The first-order chi connectivity index (χ1) is 15.0. The molecular formula is C22H25BrN4O3S. The lowest BCUT2D eigenvalue weighted by atomic mass is 10.2. The highest BCUT2D eigenvalue weighted by molar-refractivity contribution is 9.10. The molecule has 9 heteroatoms. The summed E-state index contributed by atoms with van der Waals surface area (Å²) in [7, 11) is 0. The third kappa shape index (κ3) is 6.48. The molecule has 0 unspecified atom stereocenters. The summed E-state index contributed by atoms with van der Waals surface area (Å²) in [5.41, 5.74) is 1.86. The first-order valence-electron chi connectivity index (χ1n) is 9.96. The molecule has 1 heterocycles. The highest BCUT2D eigenvalue weighted by Gasteiger charge is 2.15. The summed E-state index contributed by atoms with van der Waals surface area (Å²) in [6, 6.07) is 13.3. The number of amides is 1. The number of carbonyl (C=O) groups excluding carboxylic acids is 1. The Balaban J connectivity index is 1.60. The molecule has 1 N–H and O–H groups in total. The molecule has 1 amide bonds. The molecule has 164 valence electrons. The Morgan fingerprint density at radius 2 is 1.87 bits per heavy atom. The summed E-state index contributed by atoms with van der Waals surface area (Å²) < 4.78 is 14.5. The van der Waals surface area contributed by atoms with Crippen molar-refractivity contribution in [1.29, 1.82) is 0 Å². The Hall–Kier alpha value is -2.52. The van der Waals surface area contributed by atoms with E-state index in [1.54, 1.807) is 0 Å². The van der Waals surface area contributed by atoms with Gasteiger partial charge >= 0.3 is 0 Å². The van der Waals surface area contributed by atoms with Crippen LogP contribution in [0.15, 0.2) is 52.1 Å². The van der Waals surface area contributed by atoms with E-state index in [2.05, 4.69) is 31.4 Å². The predicted octanol–water partition coefficient (Wildman–Crippen LogP) is 5.08. The highest BCUT2D eigenvalue weighted by Crippen LogP contribution is 2.29. The molecule has 7 nitrogen and oxygen atoms in total. The number of hydrogen-bond donors (Lipinski definition) is 1. The Labute approximate surface area is 194 Å². The molecule has 3 aromatic rings. The van der Waals surface area contributed by atoms with Crippen LogP contribution < -0.4 is 14.8 Å². The normalized spacial score (nSPS) is 10.7. The predicted molar refractivity (Wildman–Crippen MR) is 126 cm³/mol. The number of carbonyl (C=O) groups is 1. The van der Waals surface area contributed by atoms with Gasteiger partial charge in [0, 0.05) is 16.7 Å². The van der Waals surface area contributed by atoms with E-state index in [-0.39, 0.29) is 18.3 Å². The van der Waals surface area contributed by atoms with Crippen LogP contribution >= 0.6 is 27.7 Å². The van der Waals surface area contributed by atoms with Gasteiger partial charge in [-0.05, 0) is 62.7 Å². The zero-order valence-corrected chi connectivity index (χ0v) is 20.1. The maximum atomic E-state index is 12.3. The van der Waals surface area contributed by atoms with Gasteiger partial charge in [-0.15, -0.1) is 10.2 Å². The van der Waals surface area contributed by atoms with Crippen LogP contribution in [0, 0.1) is 6.92 Å². The molecule has 0 saturated carbocycles. The molecule has 0 radical (unpaired) electrons. The quantitative estimate of drug-likeness (QED) is 0.388. The van der Waals surface area contributed by atoms with E-state index in [4.69, 9.17) is 9.47 Å². The third-order valence-electron chi connectivity index (χ3n) is 4.33. The average molecular weight is 505 g/mol. The van der Waals surface area contributed by atoms with Crippen molar-refractivity contribution in [2.24, 2.45) is 0 Å². The van der Waals surface area contributed by atoms with E-state index in [1.807, 2.05) is 67.8 Å². The van der Waals surface area contributed by atoms with Gasteiger partial charge in [0.2, 0.25) is 5.91 Å². The van der Waals surface area contributed by atoms with Gasteiger partial charge in [0.1, 0.15) is 6.61 Å². The molecule has 0 aliphatic carbocycles. The van der Waals surface area contributed by atoms with Crippen LogP contribution in [0.4, 0.5) is 5.69 Å². The molecule has 0 bridgehead atoms. The van der Waals surface area contributed by atoms with E-state index in [1.165, 1.54) is 11.8 Å². The van der Waals surface area contributed by atoms with Crippen LogP contribution in [0.2, 0.25) is 0 Å². The second kappa shape index (κ2) is 11.2. The number of aromatic nitrogens is 3. The van der Waals surface area contributed by atoms with Crippen molar-refractivity contribution in [1.82, 2.24) is 14.8 Å². The van der Waals surface area contributed by atoms with E-state index in [9.17, 15) is 4.79 Å². The minimum absolute atomic E-state index is 0.100. The molecule has 0 fully saturated rings. The summed E-state index contributed by atoms with van der Waals surface area (Å²) in [6.07, 6.45) is 0. The zero-order chi connectivity index (χ0) is 22.2. The molecule has 1 aromatic heterocycles. The maximum absolute atomic E-state index is 12.3. The zero-order valence-electron chi connectivity index (χ0n) is 17.7. The van der Waals surface area contributed by atoms with Crippen molar-refractivity contribution in [3.63, 3.8) is 0 Å². The van der Waals surface area contributed by atoms with Crippen molar-refractivity contribution >= 4 is 39.3 Å². The summed E-state index contributed by atoms with van der Waals surface area (Å²) in [5.74, 6) is 2.21. The Bertz CT molecular complexity index is 1020. The van der Waals surface area contributed by atoms with Crippen LogP contribution in [-0.4, -0.2) is 33.0 Å². The van der Waals surface area contributed by atoms with Crippen LogP contribution in [0.3, 0.4) is 0 Å². The van der Waals surface area contributed by atoms with Crippen molar-refractivity contribution in [3.8, 4) is 11.5 Å². The van der Waals surface area contributed by atoms with Crippen LogP contribution in [0.5, 0.6) is 11.5 Å². The largest absolute Gasteiger partial charge is 0.490 e.